The average Bonchev–Trinajstić information content (AvgIpc) is 2.28. The summed E-state index contributed by atoms with van der Waals surface area (Å²) in [4.78, 5) is 0. The standard InChI is InChI=1S/C12H14Br4/c1-3-7(2)4-5-8-6-9(13)11(15)12(16)10(8)14/h6-7H,3-5H2,1-2H3. The molecule has 0 aliphatic carbocycles. The van der Waals surface area contributed by atoms with Crippen LogP contribution in [0.1, 0.15) is 32.3 Å². The van der Waals surface area contributed by atoms with Crippen LogP contribution in [0.15, 0.2) is 24.0 Å². The summed E-state index contributed by atoms with van der Waals surface area (Å²) in [5.41, 5.74) is 1.35. The predicted molar refractivity (Wildman–Crippen MR) is 85.0 cm³/mol. The highest BCUT2D eigenvalue weighted by atomic mass is 79.9. The van der Waals surface area contributed by atoms with E-state index in [1.54, 1.807) is 0 Å². The van der Waals surface area contributed by atoms with Crippen LogP contribution in [0.4, 0.5) is 0 Å². The van der Waals surface area contributed by atoms with Crippen molar-refractivity contribution >= 4 is 63.7 Å². The lowest BCUT2D eigenvalue weighted by Gasteiger charge is -2.12. The van der Waals surface area contributed by atoms with Crippen molar-refractivity contribution in [1.82, 2.24) is 0 Å². The highest BCUT2D eigenvalue weighted by Crippen LogP contribution is 2.39. The maximum Gasteiger partial charge on any atom is 0.0473 e. The molecular formula is C12H14Br4. The van der Waals surface area contributed by atoms with Gasteiger partial charge in [-0.2, -0.15) is 0 Å². The summed E-state index contributed by atoms with van der Waals surface area (Å²) >= 11 is 14.3. The Balaban J connectivity index is 2.89. The molecule has 0 spiro atoms. The molecule has 1 atom stereocenters. The van der Waals surface area contributed by atoms with Gasteiger partial charge in [-0.05, 0) is 94.1 Å². The van der Waals surface area contributed by atoms with E-state index in [0.717, 1.165) is 30.2 Å². The molecule has 0 fully saturated rings. The van der Waals surface area contributed by atoms with E-state index in [1.165, 1.54) is 18.4 Å². The highest BCUT2D eigenvalue weighted by Gasteiger charge is 2.12. The van der Waals surface area contributed by atoms with Crippen LogP contribution in [0, 0.1) is 5.92 Å². The zero-order valence-corrected chi connectivity index (χ0v) is 15.6. The van der Waals surface area contributed by atoms with Crippen LogP contribution in [0.3, 0.4) is 0 Å². The van der Waals surface area contributed by atoms with Gasteiger partial charge in [0.05, 0.1) is 0 Å². The van der Waals surface area contributed by atoms with E-state index in [0.29, 0.717) is 0 Å². The first-order valence-corrected chi connectivity index (χ1v) is 8.46. The molecule has 0 nitrogen and oxygen atoms in total. The molecule has 0 aromatic heterocycles. The predicted octanol–water partition coefficient (Wildman–Crippen LogP) is 6.72. The van der Waals surface area contributed by atoms with Crippen molar-refractivity contribution in [3.05, 3.63) is 29.5 Å². The molecule has 1 rings (SSSR count). The van der Waals surface area contributed by atoms with Crippen molar-refractivity contribution in [3.63, 3.8) is 0 Å². The normalized spacial score (nSPS) is 12.9. The Hall–Kier alpha value is 1.14. The van der Waals surface area contributed by atoms with Crippen LogP contribution in [-0.4, -0.2) is 0 Å². The van der Waals surface area contributed by atoms with Crippen LogP contribution in [0.2, 0.25) is 0 Å². The molecule has 1 aromatic rings. The van der Waals surface area contributed by atoms with Gasteiger partial charge in [-0.3, -0.25) is 0 Å². The van der Waals surface area contributed by atoms with E-state index in [9.17, 15) is 0 Å². The van der Waals surface area contributed by atoms with Crippen molar-refractivity contribution in [2.45, 2.75) is 33.1 Å². The van der Waals surface area contributed by atoms with Gasteiger partial charge in [-0.1, -0.05) is 20.3 Å². The van der Waals surface area contributed by atoms with Crippen LogP contribution >= 0.6 is 63.7 Å². The number of aryl methyl sites for hydroxylation is 1. The number of halogens is 4. The molecule has 0 amide bonds. The molecule has 4 heteroatoms. The number of hydrogen-bond acceptors (Lipinski definition) is 0. The van der Waals surface area contributed by atoms with Gasteiger partial charge < -0.3 is 0 Å². The van der Waals surface area contributed by atoms with Gasteiger partial charge in [-0.15, -0.1) is 0 Å². The van der Waals surface area contributed by atoms with Crippen molar-refractivity contribution in [3.8, 4) is 0 Å². The number of benzene rings is 1. The molecule has 0 radical (unpaired) electrons. The highest BCUT2D eigenvalue weighted by molar-refractivity contribution is 9.15. The molecule has 0 saturated heterocycles. The third kappa shape index (κ3) is 3.82. The molecule has 1 aromatic carbocycles. The molecular weight excluding hydrogens is 464 g/mol. The lowest BCUT2D eigenvalue weighted by Crippen LogP contribution is -1.97. The van der Waals surface area contributed by atoms with Crippen molar-refractivity contribution in [2.75, 3.05) is 0 Å². The van der Waals surface area contributed by atoms with Crippen LogP contribution in [-0.2, 0) is 6.42 Å². The minimum atomic E-state index is 0.785. The second-order valence-electron chi connectivity index (χ2n) is 4.01. The zero-order valence-electron chi connectivity index (χ0n) is 9.29. The van der Waals surface area contributed by atoms with Crippen LogP contribution in [0.25, 0.3) is 0 Å². The summed E-state index contributed by atoms with van der Waals surface area (Å²) in [6, 6.07) is 2.18. The average molecular weight is 478 g/mol. The Morgan fingerprint density at radius 3 is 2.25 bits per heavy atom. The Labute approximate surface area is 131 Å². The van der Waals surface area contributed by atoms with Gasteiger partial charge in [0.1, 0.15) is 0 Å². The summed E-state index contributed by atoms with van der Waals surface area (Å²) in [6.07, 6.45) is 3.59. The third-order valence-corrected chi connectivity index (χ3v) is 7.53. The first-order valence-electron chi connectivity index (χ1n) is 5.29. The molecule has 0 heterocycles. The van der Waals surface area contributed by atoms with Gasteiger partial charge in [0.25, 0.3) is 0 Å². The summed E-state index contributed by atoms with van der Waals surface area (Å²) in [6.45, 7) is 4.55. The fourth-order valence-corrected chi connectivity index (χ4v) is 3.71. The second kappa shape index (κ2) is 6.91. The minimum absolute atomic E-state index is 0.785. The summed E-state index contributed by atoms with van der Waals surface area (Å²) in [5.74, 6) is 0.785. The summed E-state index contributed by atoms with van der Waals surface area (Å²) in [7, 11) is 0. The molecule has 1 unspecified atom stereocenters. The molecule has 90 valence electrons. The van der Waals surface area contributed by atoms with Gasteiger partial charge in [0.2, 0.25) is 0 Å². The maximum atomic E-state index is 3.64. The number of hydrogen-bond donors (Lipinski definition) is 0. The quantitative estimate of drug-likeness (QED) is 0.334. The van der Waals surface area contributed by atoms with E-state index in [2.05, 4.69) is 83.6 Å². The van der Waals surface area contributed by atoms with E-state index in [-0.39, 0.29) is 0 Å². The smallest absolute Gasteiger partial charge is 0.0473 e. The second-order valence-corrected chi connectivity index (χ2v) is 7.24. The zero-order chi connectivity index (χ0) is 12.3. The van der Waals surface area contributed by atoms with E-state index in [4.69, 9.17) is 0 Å². The molecule has 0 aliphatic rings. The fraction of sp³-hybridized carbons (Fsp3) is 0.500. The van der Waals surface area contributed by atoms with E-state index >= 15 is 0 Å². The first kappa shape index (κ1) is 15.2. The summed E-state index contributed by atoms with van der Waals surface area (Å²) < 4.78 is 4.40. The summed E-state index contributed by atoms with van der Waals surface area (Å²) in [5, 5.41) is 0. The van der Waals surface area contributed by atoms with Crippen molar-refractivity contribution < 1.29 is 0 Å². The van der Waals surface area contributed by atoms with Gasteiger partial charge in [-0.25, -0.2) is 0 Å². The van der Waals surface area contributed by atoms with Gasteiger partial charge in [0.15, 0.2) is 0 Å². The fourth-order valence-electron chi connectivity index (χ4n) is 1.41. The van der Waals surface area contributed by atoms with Gasteiger partial charge in [0, 0.05) is 17.9 Å². The monoisotopic (exact) mass is 474 g/mol. The Bertz CT molecular complexity index is 374. The lowest BCUT2D eigenvalue weighted by atomic mass is 9.99. The molecule has 0 N–H and O–H groups in total. The number of rotatable bonds is 4. The maximum absolute atomic E-state index is 3.64. The lowest BCUT2D eigenvalue weighted by molar-refractivity contribution is 0.516. The molecule has 0 bridgehead atoms. The van der Waals surface area contributed by atoms with E-state index in [1.807, 2.05) is 0 Å². The topological polar surface area (TPSA) is 0 Å². The Morgan fingerprint density at radius 2 is 1.69 bits per heavy atom. The SMILES string of the molecule is CCC(C)CCc1cc(Br)c(Br)c(Br)c1Br. The van der Waals surface area contributed by atoms with Crippen molar-refractivity contribution in [2.24, 2.45) is 5.92 Å². The minimum Gasteiger partial charge on any atom is -0.0651 e. The Morgan fingerprint density at radius 1 is 1.06 bits per heavy atom. The van der Waals surface area contributed by atoms with Crippen LogP contribution < -0.4 is 0 Å². The molecule has 0 aliphatic heterocycles. The first-order chi connectivity index (χ1) is 7.47. The Kier molecular flexibility index (Phi) is 6.56. The van der Waals surface area contributed by atoms with Crippen LogP contribution in [0.5, 0.6) is 0 Å². The molecule has 0 saturated carbocycles. The van der Waals surface area contributed by atoms with Crippen molar-refractivity contribution in [1.29, 1.82) is 0 Å². The van der Waals surface area contributed by atoms with E-state index < -0.39 is 0 Å². The largest absolute Gasteiger partial charge is 0.0651 e. The van der Waals surface area contributed by atoms with Gasteiger partial charge >= 0.3 is 0 Å². The molecule has 16 heavy (non-hydrogen) atoms. The third-order valence-electron chi connectivity index (χ3n) is 2.78.